The number of nitrogens with zero attached hydrogens (tertiary/aromatic N) is 2. The first-order valence-corrected chi connectivity index (χ1v) is 12.4. The van der Waals surface area contributed by atoms with Crippen LogP contribution in [0.2, 0.25) is 0 Å². The van der Waals surface area contributed by atoms with Crippen molar-refractivity contribution in [3.05, 3.63) is 48.0 Å². The molecule has 1 aliphatic rings. The number of sulfonamides is 1. The van der Waals surface area contributed by atoms with Crippen molar-refractivity contribution in [2.75, 3.05) is 54.1 Å². The van der Waals surface area contributed by atoms with Crippen molar-refractivity contribution >= 4 is 21.7 Å². The molecule has 0 radical (unpaired) electrons. The lowest BCUT2D eigenvalue weighted by atomic mass is 10.1. The standard InChI is InChI=1S/C24H30N2O8S/c1-17(27)20-10-11-21(31-3)24(32-4)23(20)34-16-18-14-26(12-13-33-18)22(28)15-25(2)35(29,30)19-8-6-5-7-9-19/h5-11,18H,12-16H2,1-4H3. The molecule has 1 fully saturated rings. The van der Waals surface area contributed by atoms with Gasteiger partial charge < -0.3 is 23.8 Å². The number of likely N-dealkylation sites (N-methyl/N-ethyl adjacent to an activating group) is 1. The normalized spacial score (nSPS) is 16.1. The molecule has 1 saturated heterocycles. The minimum Gasteiger partial charge on any atom is -0.493 e. The van der Waals surface area contributed by atoms with E-state index in [0.717, 1.165) is 4.31 Å². The Kier molecular flexibility index (Phi) is 8.71. The van der Waals surface area contributed by atoms with E-state index in [9.17, 15) is 18.0 Å². The third-order valence-electron chi connectivity index (χ3n) is 5.59. The lowest BCUT2D eigenvalue weighted by Crippen LogP contribution is -2.50. The summed E-state index contributed by atoms with van der Waals surface area (Å²) in [5.41, 5.74) is 0.333. The first kappa shape index (κ1) is 26.5. The van der Waals surface area contributed by atoms with Gasteiger partial charge in [-0.3, -0.25) is 9.59 Å². The van der Waals surface area contributed by atoms with Gasteiger partial charge >= 0.3 is 0 Å². The van der Waals surface area contributed by atoms with Gasteiger partial charge in [0.05, 0.1) is 44.4 Å². The maximum Gasteiger partial charge on any atom is 0.243 e. The molecule has 0 N–H and O–H groups in total. The lowest BCUT2D eigenvalue weighted by Gasteiger charge is -2.34. The summed E-state index contributed by atoms with van der Waals surface area (Å²) < 4.78 is 48.9. The lowest BCUT2D eigenvalue weighted by molar-refractivity contribution is -0.139. The van der Waals surface area contributed by atoms with E-state index >= 15 is 0 Å². The van der Waals surface area contributed by atoms with E-state index in [1.165, 1.54) is 40.3 Å². The molecule has 1 unspecified atom stereocenters. The quantitative estimate of drug-likeness (QED) is 0.449. The fourth-order valence-electron chi connectivity index (χ4n) is 3.69. The first-order valence-electron chi connectivity index (χ1n) is 11.0. The number of ketones is 1. The molecule has 190 valence electrons. The Hall–Kier alpha value is -3.15. The minimum absolute atomic E-state index is 0.0474. The number of rotatable bonds is 10. The number of Topliss-reactive ketones (excluding diaryl/α,β-unsaturated/α-hetero) is 1. The van der Waals surface area contributed by atoms with Crippen LogP contribution in [0.1, 0.15) is 17.3 Å². The van der Waals surface area contributed by atoms with Gasteiger partial charge in [-0.2, -0.15) is 4.31 Å². The Labute approximate surface area is 205 Å². The second-order valence-electron chi connectivity index (χ2n) is 7.95. The number of benzene rings is 2. The Morgan fingerprint density at radius 1 is 1.09 bits per heavy atom. The third-order valence-corrected chi connectivity index (χ3v) is 7.41. The van der Waals surface area contributed by atoms with E-state index in [-0.39, 0.29) is 54.4 Å². The molecule has 35 heavy (non-hydrogen) atoms. The molecule has 3 rings (SSSR count). The second kappa shape index (κ2) is 11.5. The van der Waals surface area contributed by atoms with E-state index < -0.39 is 16.1 Å². The van der Waals surface area contributed by atoms with Crippen molar-refractivity contribution < 1.29 is 37.0 Å². The van der Waals surface area contributed by atoms with Crippen LogP contribution < -0.4 is 14.2 Å². The van der Waals surface area contributed by atoms with E-state index in [1.54, 1.807) is 35.2 Å². The van der Waals surface area contributed by atoms with E-state index in [2.05, 4.69) is 0 Å². The molecule has 0 bridgehead atoms. The molecule has 10 nitrogen and oxygen atoms in total. The van der Waals surface area contributed by atoms with Crippen LogP contribution in [0.25, 0.3) is 0 Å². The van der Waals surface area contributed by atoms with Crippen LogP contribution in [0.3, 0.4) is 0 Å². The predicted octanol–water partition coefficient (Wildman–Crippen LogP) is 1.83. The molecule has 1 heterocycles. The van der Waals surface area contributed by atoms with Gasteiger partial charge in [0.25, 0.3) is 0 Å². The predicted molar refractivity (Wildman–Crippen MR) is 128 cm³/mol. The number of carbonyl (C=O) groups excluding carboxylic acids is 2. The zero-order chi connectivity index (χ0) is 25.6. The smallest absolute Gasteiger partial charge is 0.243 e. The maximum absolute atomic E-state index is 12.9. The zero-order valence-corrected chi connectivity index (χ0v) is 21.0. The minimum atomic E-state index is -3.79. The molecular formula is C24H30N2O8S. The average molecular weight is 507 g/mol. The summed E-state index contributed by atoms with van der Waals surface area (Å²) in [7, 11) is 0.522. The van der Waals surface area contributed by atoms with Crippen molar-refractivity contribution in [2.45, 2.75) is 17.9 Å². The van der Waals surface area contributed by atoms with Gasteiger partial charge in [-0.05, 0) is 31.2 Å². The Balaban J connectivity index is 1.66. The number of morpholine rings is 1. The molecule has 1 amide bonds. The topological polar surface area (TPSA) is 112 Å². The van der Waals surface area contributed by atoms with Crippen LogP contribution in [0.5, 0.6) is 17.2 Å². The zero-order valence-electron chi connectivity index (χ0n) is 20.2. The summed E-state index contributed by atoms with van der Waals surface area (Å²) >= 11 is 0. The van der Waals surface area contributed by atoms with Crippen molar-refractivity contribution in [2.24, 2.45) is 0 Å². The molecule has 0 spiro atoms. The molecule has 2 aromatic carbocycles. The highest BCUT2D eigenvalue weighted by atomic mass is 32.2. The summed E-state index contributed by atoms with van der Waals surface area (Å²) in [6.07, 6.45) is -0.487. The van der Waals surface area contributed by atoms with E-state index in [1.807, 2.05) is 0 Å². The van der Waals surface area contributed by atoms with Gasteiger partial charge in [-0.25, -0.2) is 8.42 Å². The van der Waals surface area contributed by atoms with Crippen molar-refractivity contribution in [1.29, 1.82) is 0 Å². The van der Waals surface area contributed by atoms with Crippen LogP contribution in [0.4, 0.5) is 0 Å². The Bertz CT molecular complexity index is 1150. The van der Waals surface area contributed by atoms with Gasteiger partial charge in [0.15, 0.2) is 17.3 Å². The molecule has 11 heteroatoms. The van der Waals surface area contributed by atoms with Crippen LogP contribution >= 0.6 is 0 Å². The fourth-order valence-corrected chi connectivity index (χ4v) is 4.83. The van der Waals surface area contributed by atoms with Gasteiger partial charge in [-0.1, -0.05) is 18.2 Å². The average Bonchev–Trinajstić information content (AvgIpc) is 2.87. The largest absolute Gasteiger partial charge is 0.493 e. The summed E-state index contributed by atoms with van der Waals surface area (Å²) in [6, 6.07) is 11.2. The van der Waals surface area contributed by atoms with Crippen molar-refractivity contribution in [1.82, 2.24) is 9.21 Å². The number of amides is 1. The summed E-state index contributed by atoms with van der Waals surface area (Å²) in [5.74, 6) is 0.391. The Morgan fingerprint density at radius 3 is 2.43 bits per heavy atom. The molecule has 1 aliphatic heterocycles. The third kappa shape index (κ3) is 6.11. The number of hydrogen-bond donors (Lipinski definition) is 0. The van der Waals surface area contributed by atoms with Crippen LogP contribution in [0, 0.1) is 0 Å². The summed E-state index contributed by atoms with van der Waals surface area (Å²) in [6.45, 7) is 1.97. The van der Waals surface area contributed by atoms with Gasteiger partial charge in [0.2, 0.25) is 21.7 Å². The molecule has 0 saturated carbocycles. The van der Waals surface area contributed by atoms with Gasteiger partial charge in [-0.15, -0.1) is 0 Å². The van der Waals surface area contributed by atoms with Crippen molar-refractivity contribution in [3.63, 3.8) is 0 Å². The van der Waals surface area contributed by atoms with Crippen LogP contribution in [-0.4, -0.2) is 89.5 Å². The van der Waals surface area contributed by atoms with E-state index in [4.69, 9.17) is 18.9 Å². The SMILES string of the molecule is COc1ccc(C(C)=O)c(OCC2CN(C(=O)CN(C)S(=O)(=O)c3ccccc3)CCO2)c1OC. The molecule has 2 aromatic rings. The number of methoxy groups -OCH3 is 2. The second-order valence-corrected chi connectivity index (χ2v) is 10.00. The van der Waals surface area contributed by atoms with Crippen LogP contribution in [-0.2, 0) is 19.6 Å². The maximum atomic E-state index is 12.9. The highest BCUT2D eigenvalue weighted by molar-refractivity contribution is 7.89. The molecular weight excluding hydrogens is 476 g/mol. The van der Waals surface area contributed by atoms with Gasteiger partial charge in [0, 0.05) is 13.6 Å². The van der Waals surface area contributed by atoms with Crippen molar-refractivity contribution in [3.8, 4) is 17.2 Å². The first-order chi connectivity index (χ1) is 16.7. The Morgan fingerprint density at radius 2 is 1.80 bits per heavy atom. The van der Waals surface area contributed by atoms with E-state index in [0.29, 0.717) is 17.9 Å². The van der Waals surface area contributed by atoms with Gasteiger partial charge in [0.1, 0.15) is 12.7 Å². The summed E-state index contributed by atoms with van der Waals surface area (Å²) in [4.78, 5) is 26.6. The molecule has 0 aliphatic carbocycles. The van der Waals surface area contributed by atoms with Crippen LogP contribution in [0.15, 0.2) is 47.4 Å². The highest BCUT2D eigenvalue weighted by Gasteiger charge is 2.29. The monoisotopic (exact) mass is 506 g/mol. The molecule has 1 atom stereocenters. The fraction of sp³-hybridized carbons (Fsp3) is 0.417. The highest BCUT2D eigenvalue weighted by Crippen LogP contribution is 2.40. The summed E-state index contributed by atoms with van der Waals surface area (Å²) in [5, 5.41) is 0. The number of ether oxygens (including phenoxy) is 4. The number of carbonyl (C=O) groups is 2. The molecule has 0 aromatic heterocycles. The number of hydrogen-bond acceptors (Lipinski definition) is 8.